The minimum Gasteiger partial charge on any atom is -0.391 e. The fraction of sp³-hybridized carbons (Fsp3) is 0.517. The van der Waals surface area contributed by atoms with Gasteiger partial charge in [0.1, 0.15) is 11.3 Å². The number of fused-ring (bicyclic) bond motifs is 1. The lowest BCUT2D eigenvalue weighted by molar-refractivity contribution is -0.132. The van der Waals surface area contributed by atoms with Crippen LogP contribution in [0.2, 0.25) is 0 Å². The number of likely N-dealkylation sites (tertiary alicyclic amines) is 1. The van der Waals surface area contributed by atoms with Crippen molar-refractivity contribution in [2.45, 2.75) is 71.4 Å². The summed E-state index contributed by atoms with van der Waals surface area (Å²) >= 11 is 0. The lowest BCUT2D eigenvalue weighted by atomic mass is 9.79. The largest absolute Gasteiger partial charge is 0.391 e. The molecule has 1 saturated heterocycles. The zero-order chi connectivity index (χ0) is 27.0. The molecule has 1 aliphatic carbocycles. The van der Waals surface area contributed by atoms with Crippen molar-refractivity contribution >= 4 is 28.7 Å². The number of hydrogen-bond acceptors (Lipinski definition) is 5. The molecule has 3 aromatic rings. The third-order valence-corrected chi connectivity index (χ3v) is 7.99. The van der Waals surface area contributed by atoms with Gasteiger partial charge in [-0.1, -0.05) is 6.42 Å². The molecule has 202 valence electrons. The van der Waals surface area contributed by atoms with Gasteiger partial charge in [-0.25, -0.2) is 14.4 Å². The van der Waals surface area contributed by atoms with Crippen LogP contribution in [0.25, 0.3) is 22.2 Å². The van der Waals surface area contributed by atoms with E-state index in [2.05, 4.69) is 15.3 Å². The number of imidazole rings is 1. The van der Waals surface area contributed by atoms with Crippen LogP contribution in [0.15, 0.2) is 30.7 Å². The van der Waals surface area contributed by atoms with Crippen LogP contribution in [0.4, 0.5) is 10.2 Å². The number of halogens is 1. The number of anilines is 1. The Morgan fingerprint density at radius 3 is 2.74 bits per heavy atom. The number of carbonyl (C=O) groups is 2. The van der Waals surface area contributed by atoms with Gasteiger partial charge in [0.05, 0.1) is 17.9 Å². The fourth-order valence-corrected chi connectivity index (χ4v) is 5.85. The van der Waals surface area contributed by atoms with E-state index in [9.17, 15) is 19.1 Å². The van der Waals surface area contributed by atoms with Crippen molar-refractivity contribution < 1.29 is 19.1 Å². The monoisotopic (exact) mass is 521 g/mol. The Morgan fingerprint density at radius 2 is 2.00 bits per heavy atom. The minimum atomic E-state index is -0.425. The van der Waals surface area contributed by atoms with E-state index in [4.69, 9.17) is 0 Å². The molecule has 38 heavy (non-hydrogen) atoms. The molecule has 5 rings (SSSR count). The molecule has 3 heterocycles. The van der Waals surface area contributed by atoms with Crippen LogP contribution in [0.3, 0.4) is 0 Å². The van der Waals surface area contributed by atoms with Crippen molar-refractivity contribution in [3.05, 3.63) is 42.1 Å². The average molecular weight is 522 g/mol. The van der Waals surface area contributed by atoms with Gasteiger partial charge < -0.3 is 19.9 Å². The first-order valence-corrected chi connectivity index (χ1v) is 13.6. The van der Waals surface area contributed by atoms with E-state index in [1.165, 1.54) is 6.07 Å². The fourth-order valence-electron chi connectivity index (χ4n) is 5.85. The molecule has 8 nitrogen and oxygen atoms in total. The topological polar surface area (TPSA) is 100 Å². The molecule has 1 saturated carbocycles. The van der Waals surface area contributed by atoms with Gasteiger partial charge in [-0.05, 0) is 87.3 Å². The minimum absolute atomic E-state index is 0.0699. The van der Waals surface area contributed by atoms with E-state index in [0.29, 0.717) is 49.2 Å². The van der Waals surface area contributed by atoms with Crippen molar-refractivity contribution in [1.29, 1.82) is 0 Å². The summed E-state index contributed by atoms with van der Waals surface area (Å²) in [5, 5.41) is 12.7. The lowest BCUT2D eigenvalue weighted by Crippen LogP contribution is -2.34. The van der Waals surface area contributed by atoms with Crippen LogP contribution in [0, 0.1) is 24.6 Å². The Morgan fingerprint density at radius 1 is 1.18 bits per heavy atom. The highest BCUT2D eigenvalue weighted by molar-refractivity contribution is 5.93. The molecule has 0 bridgehead atoms. The van der Waals surface area contributed by atoms with Crippen LogP contribution in [-0.4, -0.2) is 55.5 Å². The van der Waals surface area contributed by atoms with Crippen molar-refractivity contribution in [2.24, 2.45) is 11.8 Å². The summed E-state index contributed by atoms with van der Waals surface area (Å²) < 4.78 is 16.9. The Labute approximate surface area is 222 Å². The third kappa shape index (κ3) is 5.43. The Balaban J connectivity index is 1.29. The number of aryl methyl sites for hydroxylation is 1. The molecule has 0 spiro atoms. The Bertz CT molecular complexity index is 1350. The molecule has 3 atom stereocenters. The summed E-state index contributed by atoms with van der Waals surface area (Å²) in [7, 11) is 0. The predicted molar refractivity (Wildman–Crippen MR) is 144 cm³/mol. The van der Waals surface area contributed by atoms with E-state index in [1.54, 1.807) is 23.5 Å². The second kappa shape index (κ2) is 10.8. The zero-order valence-corrected chi connectivity index (χ0v) is 22.3. The molecule has 1 aromatic carbocycles. The van der Waals surface area contributed by atoms with E-state index < -0.39 is 6.10 Å². The SMILES string of the molecule is Cc1cnc(NC(=O)[C@H]2CCC[C@@H](CC(=O)N3CC[C@H](O)C3)C2)cc1-c1cc(F)c2ncn(C(C)C)c2c1. The molecular weight excluding hydrogens is 485 g/mol. The number of aromatic nitrogens is 3. The van der Waals surface area contributed by atoms with E-state index in [1.807, 2.05) is 31.4 Å². The number of rotatable bonds is 6. The maximum Gasteiger partial charge on any atom is 0.228 e. The first-order chi connectivity index (χ1) is 18.2. The van der Waals surface area contributed by atoms with Gasteiger partial charge in [-0.15, -0.1) is 0 Å². The smallest absolute Gasteiger partial charge is 0.228 e. The molecule has 2 fully saturated rings. The van der Waals surface area contributed by atoms with Gasteiger partial charge in [0.25, 0.3) is 0 Å². The van der Waals surface area contributed by atoms with E-state index in [-0.39, 0.29) is 35.5 Å². The van der Waals surface area contributed by atoms with Crippen LogP contribution in [0.1, 0.15) is 64.0 Å². The van der Waals surface area contributed by atoms with Crippen LogP contribution in [0.5, 0.6) is 0 Å². The number of carbonyl (C=O) groups excluding carboxylic acids is 2. The highest BCUT2D eigenvalue weighted by Gasteiger charge is 2.31. The average Bonchev–Trinajstić information content (AvgIpc) is 3.52. The Hall–Kier alpha value is -3.33. The van der Waals surface area contributed by atoms with Crippen LogP contribution >= 0.6 is 0 Å². The highest BCUT2D eigenvalue weighted by atomic mass is 19.1. The number of β-amino-alcohol motifs (C(OH)–C–C–N with tert-alkyl or cyclic N) is 1. The number of pyridine rings is 1. The molecule has 1 aliphatic heterocycles. The lowest BCUT2D eigenvalue weighted by Gasteiger charge is -2.29. The van der Waals surface area contributed by atoms with Crippen LogP contribution in [-0.2, 0) is 9.59 Å². The van der Waals surface area contributed by atoms with Gasteiger partial charge in [0.15, 0.2) is 5.82 Å². The molecule has 2 amide bonds. The number of nitrogens with one attached hydrogen (secondary N) is 1. The maximum atomic E-state index is 14.9. The molecule has 2 aromatic heterocycles. The van der Waals surface area contributed by atoms with E-state index >= 15 is 0 Å². The standard InChI is InChI=1S/C29H36FN5O3/c1-17(2)35-16-32-28-24(30)11-21(12-25(28)35)23-13-26(31-14-18(23)3)33-29(38)20-6-4-5-19(9-20)10-27(37)34-8-7-22(36)15-34/h11-14,16-17,19-20,22,36H,4-10,15H2,1-3H3,(H,31,33,38)/t19-,20+,22+/m1/s1. The van der Waals surface area contributed by atoms with Crippen LogP contribution < -0.4 is 5.32 Å². The second-order valence-electron chi connectivity index (χ2n) is 11.2. The maximum absolute atomic E-state index is 14.9. The summed E-state index contributed by atoms with van der Waals surface area (Å²) in [6, 6.07) is 5.35. The normalized spacial score (nSPS) is 21.8. The van der Waals surface area contributed by atoms with Gasteiger partial charge in [-0.2, -0.15) is 0 Å². The number of hydrogen-bond donors (Lipinski definition) is 2. The van der Waals surface area contributed by atoms with E-state index in [0.717, 1.165) is 35.9 Å². The summed E-state index contributed by atoms with van der Waals surface area (Å²) in [4.78, 5) is 36.2. The van der Waals surface area contributed by atoms with Crippen molar-refractivity contribution in [3.8, 4) is 11.1 Å². The van der Waals surface area contributed by atoms with Crippen molar-refractivity contribution in [2.75, 3.05) is 18.4 Å². The van der Waals surface area contributed by atoms with Gasteiger partial charge >= 0.3 is 0 Å². The van der Waals surface area contributed by atoms with Crippen molar-refractivity contribution in [3.63, 3.8) is 0 Å². The first-order valence-electron chi connectivity index (χ1n) is 13.6. The zero-order valence-electron chi connectivity index (χ0n) is 22.3. The summed E-state index contributed by atoms with van der Waals surface area (Å²) in [5.74, 6) is -0.0121. The number of aliphatic hydroxyl groups excluding tert-OH is 1. The summed E-state index contributed by atoms with van der Waals surface area (Å²) in [5.41, 5.74) is 3.45. The summed E-state index contributed by atoms with van der Waals surface area (Å²) in [6.45, 7) is 6.99. The Kier molecular flexibility index (Phi) is 7.47. The quantitative estimate of drug-likeness (QED) is 0.483. The summed E-state index contributed by atoms with van der Waals surface area (Å²) in [6.07, 6.45) is 7.25. The van der Waals surface area contributed by atoms with Gasteiger partial charge in [-0.3, -0.25) is 9.59 Å². The molecule has 2 N–H and O–H groups in total. The predicted octanol–water partition coefficient (Wildman–Crippen LogP) is 4.85. The molecule has 2 aliphatic rings. The van der Waals surface area contributed by atoms with Crippen molar-refractivity contribution in [1.82, 2.24) is 19.4 Å². The highest BCUT2D eigenvalue weighted by Crippen LogP contribution is 2.34. The number of amides is 2. The van der Waals surface area contributed by atoms with Gasteiger partial charge in [0, 0.05) is 37.7 Å². The number of benzene rings is 1. The van der Waals surface area contributed by atoms with Gasteiger partial charge in [0.2, 0.25) is 11.8 Å². The molecule has 0 radical (unpaired) electrons. The second-order valence-corrected chi connectivity index (χ2v) is 11.2. The molecular formula is C29H36FN5O3. The number of nitrogens with zero attached hydrogens (tertiary/aromatic N) is 4. The third-order valence-electron chi connectivity index (χ3n) is 7.99. The number of aliphatic hydroxyl groups is 1. The first kappa shape index (κ1) is 26.3. The molecule has 0 unspecified atom stereocenters. The molecule has 9 heteroatoms.